The molecule has 1 heterocycles. The lowest BCUT2D eigenvalue weighted by atomic mass is 10.3. The van der Waals surface area contributed by atoms with Crippen LogP contribution < -0.4 is 0 Å². The molecule has 0 saturated carbocycles. The zero-order valence-corrected chi connectivity index (χ0v) is 9.91. The molecule has 1 aliphatic rings. The van der Waals surface area contributed by atoms with Gasteiger partial charge in [0.25, 0.3) is 0 Å². The fourth-order valence-corrected chi connectivity index (χ4v) is 3.27. The maximum absolute atomic E-state index is 12.6. The molecule has 86 valence electrons. The molecule has 1 atom stereocenters. The molecule has 0 amide bonds. The average molecular weight is 306 g/mol. The third kappa shape index (κ3) is 2.41. The second kappa shape index (κ2) is 4.25. The van der Waals surface area contributed by atoms with Crippen LogP contribution in [0.3, 0.4) is 0 Å². The first-order valence-electron chi connectivity index (χ1n) is 3.91. The van der Waals surface area contributed by atoms with E-state index in [0.29, 0.717) is 11.8 Å². The van der Waals surface area contributed by atoms with Crippen molar-refractivity contribution < 1.29 is 23.1 Å². The largest absolute Gasteiger partial charge is 0.477 e. The van der Waals surface area contributed by atoms with Crippen molar-refractivity contribution in [1.82, 2.24) is 4.90 Å². The lowest BCUT2D eigenvalue weighted by Gasteiger charge is -2.24. The van der Waals surface area contributed by atoms with Gasteiger partial charge in [0.2, 0.25) is 0 Å². The molecule has 0 bridgehead atoms. The van der Waals surface area contributed by atoms with Crippen molar-refractivity contribution in [3.05, 3.63) is 10.6 Å². The number of rotatable bonds is 2. The van der Waals surface area contributed by atoms with E-state index >= 15 is 0 Å². The molecule has 0 spiro atoms. The van der Waals surface area contributed by atoms with Gasteiger partial charge in [0, 0.05) is 6.54 Å². The predicted molar refractivity (Wildman–Crippen MR) is 53.4 cm³/mol. The molecule has 1 aliphatic heterocycles. The number of aliphatic carboxylic acids is 1. The van der Waals surface area contributed by atoms with Gasteiger partial charge in [-0.2, -0.15) is 13.2 Å². The number of thioether (sulfide) groups is 1. The summed E-state index contributed by atoms with van der Waals surface area (Å²) >= 11 is 3.63. The number of allylic oxidation sites excluding steroid dienone is 1. The van der Waals surface area contributed by atoms with Gasteiger partial charge >= 0.3 is 12.1 Å². The van der Waals surface area contributed by atoms with Crippen LogP contribution in [0.2, 0.25) is 0 Å². The standard InChI is InChI=1S/C7H7BrF3NO2S/c1-2-12-4(7(9,10)11)3(5(13)14)15-6(12)8/h6H,2H2,1H3,(H,13,14). The maximum atomic E-state index is 12.6. The Morgan fingerprint density at radius 2 is 2.20 bits per heavy atom. The van der Waals surface area contributed by atoms with Crippen LogP contribution in [0.4, 0.5) is 13.2 Å². The molecule has 0 aromatic rings. The van der Waals surface area contributed by atoms with Crippen molar-refractivity contribution in [3.63, 3.8) is 0 Å². The molecule has 3 nitrogen and oxygen atoms in total. The fourth-order valence-electron chi connectivity index (χ4n) is 1.19. The summed E-state index contributed by atoms with van der Waals surface area (Å²) in [5.74, 6) is -1.55. The monoisotopic (exact) mass is 305 g/mol. The Labute approximate surface area is 96.4 Å². The third-order valence-corrected chi connectivity index (χ3v) is 3.87. The zero-order valence-electron chi connectivity index (χ0n) is 7.51. The van der Waals surface area contributed by atoms with Crippen LogP contribution >= 0.6 is 27.7 Å². The first-order chi connectivity index (χ1) is 6.79. The minimum atomic E-state index is -4.64. The summed E-state index contributed by atoms with van der Waals surface area (Å²) in [6.07, 6.45) is -4.64. The van der Waals surface area contributed by atoms with Gasteiger partial charge in [0.05, 0.1) is 0 Å². The maximum Gasteiger partial charge on any atom is 0.432 e. The van der Waals surface area contributed by atoms with Crippen molar-refractivity contribution in [1.29, 1.82) is 0 Å². The Morgan fingerprint density at radius 1 is 1.67 bits per heavy atom. The molecule has 1 unspecified atom stereocenters. The lowest BCUT2D eigenvalue weighted by molar-refractivity contribution is -0.134. The smallest absolute Gasteiger partial charge is 0.432 e. The Kier molecular flexibility index (Phi) is 3.59. The van der Waals surface area contributed by atoms with E-state index < -0.39 is 27.0 Å². The van der Waals surface area contributed by atoms with Gasteiger partial charge in [-0.25, -0.2) is 4.79 Å². The highest BCUT2D eigenvalue weighted by molar-refractivity contribution is 9.11. The van der Waals surface area contributed by atoms with Crippen molar-refractivity contribution in [2.24, 2.45) is 0 Å². The first kappa shape index (κ1) is 12.7. The molecule has 0 saturated heterocycles. The van der Waals surface area contributed by atoms with Gasteiger partial charge in [-0.1, -0.05) is 27.7 Å². The van der Waals surface area contributed by atoms with Crippen molar-refractivity contribution in [2.75, 3.05) is 6.54 Å². The van der Waals surface area contributed by atoms with Crippen molar-refractivity contribution in [3.8, 4) is 0 Å². The second-order valence-corrected chi connectivity index (χ2v) is 5.24. The number of halogens is 4. The van der Waals surface area contributed by atoms with Crippen LogP contribution in [0, 0.1) is 0 Å². The highest BCUT2D eigenvalue weighted by Gasteiger charge is 2.48. The summed E-state index contributed by atoms with van der Waals surface area (Å²) in [5.41, 5.74) is -1.08. The molecule has 0 fully saturated rings. The number of hydrogen-bond acceptors (Lipinski definition) is 3. The molecule has 0 aromatic carbocycles. The Morgan fingerprint density at radius 3 is 2.53 bits per heavy atom. The predicted octanol–water partition coefficient (Wildman–Crippen LogP) is 2.59. The van der Waals surface area contributed by atoms with Crippen LogP contribution in [0.1, 0.15) is 6.92 Å². The molecule has 15 heavy (non-hydrogen) atoms. The van der Waals surface area contributed by atoms with Gasteiger partial charge in [-0.05, 0) is 6.92 Å². The second-order valence-electron chi connectivity index (χ2n) is 2.68. The number of alkyl halides is 4. The number of nitrogens with zero attached hydrogens (tertiary/aromatic N) is 1. The van der Waals surface area contributed by atoms with E-state index in [-0.39, 0.29) is 6.54 Å². The molecular weight excluding hydrogens is 299 g/mol. The fraction of sp³-hybridized carbons (Fsp3) is 0.571. The van der Waals surface area contributed by atoms with E-state index in [1.807, 2.05) is 0 Å². The molecule has 0 radical (unpaired) electrons. The summed E-state index contributed by atoms with van der Waals surface area (Å²) in [6, 6.07) is 0. The van der Waals surface area contributed by atoms with Crippen LogP contribution in [-0.4, -0.2) is 33.0 Å². The summed E-state index contributed by atoms with van der Waals surface area (Å²) < 4.78 is 37.1. The summed E-state index contributed by atoms with van der Waals surface area (Å²) in [4.78, 5) is 10.9. The van der Waals surface area contributed by atoms with Gasteiger partial charge in [-0.15, -0.1) is 0 Å². The lowest BCUT2D eigenvalue weighted by Crippen LogP contribution is -2.32. The summed E-state index contributed by atoms with van der Waals surface area (Å²) in [6.45, 7) is 1.62. The van der Waals surface area contributed by atoms with E-state index in [2.05, 4.69) is 15.9 Å². The minimum Gasteiger partial charge on any atom is -0.477 e. The highest BCUT2D eigenvalue weighted by Crippen LogP contribution is 2.47. The molecule has 1 rings (SSSR count). The van der Waals surface area contributed by atoms with Crippen LogP contribution in [0.5, 0.6) is 0 Å². The van der Waals surface area contributed by atoms with Crippen LogP contribution in [0.15, 0.2) is 10.6 Å². The van der Waals surface area contributed by atoms with Crippen molar-refractivity contribution >= 4 is 33.7 Å². The Bertz CT molecular complexity index is 318. The van der Waals surface area contributed by atoms with Gasteiger partial charge in [0.1, 0.15) is 14.9 Å². The number of carbonyl (C=O) groups is 1. The Hall–Kier alpha value is -0.370. The zero-order chi connectivity index (χ0) is 11.8. The SMILES string of the molecule is CCN1C(C(F)(F)F)=C(C(=O)O)SC1Br. The number of hydrogen-bond donors (Lipinski definition) is 1. The topological polar surface area (TPSA) is 40.5 Å². The van der Waals surface area contributed by atoms with E-state index in [1.165, 1.54) is 6.92 Å². The van der Waals surface area contributed by atoms with E-state index in [1.54, 1.807) is 0 Å². The van der Waals surface area contributed by atoms with Gasteiger partial charge in [-0.3, -0.25) is 0 Å². The molecule has 1 N–H and O–H groups in total. The summed E-state index contributed by atoms with van der Waals surface area (Å²) in [5, 5.41) is 8.65. The number of carboxylic acid groups (broad SMARTS) is 1. The molecular formula is C7H7BrF3NO2S. The first-order valence-corrected chi connectivity index (χ1v) is 5.70. The molecule has 8 heteroatoms. The van der Waals surface area contributed by atoms with Crippen LogP contribution in [-0.2, 0) is 4.79 Å². The van der Waals surface area contributed by atoms with E-state index in [4.69, 9.17) is 5.11 Å². The minimum absolute atomic E-state index is 0.0918. The van der Waals surface area contributed by atoms with E-state index in [0.717, 1.165) is 4.90 Å². The molecule has 0 aliphatic carbocycles. The van der Waals surface area contributed by atoms with Gasteiger partial charge in [0.15, 0.2) is 0 Å². The molecule has 0 aromatic heterocycles. The summed E-state index contributed by atoms with van der Waals surface area (Å²) in [7, 11) is 0. The third-order valence-electron chi connectivity index (χ3n) is 1.77. The number of carboxylic acids is 1. The van der Waals surface area contributed by atoms with Crippen molar-refractivity contribution in [2.45, 2.75) is 17.4 Å². The normalized spacial score (nSPS) is 22.5. The van der Waals surface area contributed by atoms with E-state index in [9.17, 15) is 18.0 Å². The highest BCUT2D eigenvalue weighted by atomic mass is 79.9. The Balaban J connectivity index is 3.19. The average Bonchev–Trinajstić information content (AvgIpc) is 2.41. The van der Waals surface area contributed by atoms with Gasteiger partial charge < -0.3 is 10.0 Å². The van der Waals surface area contributed by atoms with Crippen LogP contribution in [0.25, 0.3) is 0 Å². The quantitative estimate of drug-likeness (QED) is 0.629.